The Morgan fingerprint density at radius 3 is 1.77 bits per heavy atom. The Bertz CT molecular complexity index is 941. The SMILES string of the molecule is CN(C)c1ccc([C@@H](N2CCOCC2)P(=O)(c2ccccc2)c2ccccc2)cc1. The summed E-state index contributed by atoms with van der Waals surface area (Å²) in [6.07, 6.45) is 0. The minimum Gasteiger partial charge on any atom is -0.379 e. The molecule has 1 atom stereocenters. The van der Waals surface area contributed by atoms with Crippen LogP contribution in [0.15, 0.2) is 84.9 Å². The zero-order valence-corrected chi connectivity index (χ0v) is 18.5. The molecule has 0 aromatic heterocycles. The van der Waals surface area contributed by atoms with E-state index < -0.39 is 7.14 Å². The van der Waals surface area contributed by atoms with E-state index in [0.717, 1.165) is 34.9 Å². The fourth-order valence-corrected chi connectivity index (χ4v) is 7.52. The standard InChI is InChI=1S/C25H29N2O2P/c1-26(2)22-15-13-21(14-16-22)25(27-17-19-29-20-18-27)30(28,23-9-5-3-6-10-23)24-11-7-4-8-12-24/h3-16,25H,17-20H2,1-2H3/t25-/m0/s1. The van der Waals surface area contributed by atoms with Crippen molar-refractivity contribution < 1.29 is 9.30 Å². The summed E-state index contributed by atoms with van der Waals surface area (Å²) < 4.78 is 20.8. The zero-order chi connectivity index (χ0) is 21.0. The van der Waals surface area contributed by atoms with E-state index >= 15 is 4.57 Å². The van der Waals surface area contributed by atoms with Crippen molar-refractivity contribution in [2.45, 2.75) is 5.78 Å². The lowest BCUT2D eigenvalue weighted by Gasteiger charge is -2.40. The van der Waals surface area contributed by atoms with Crippen molar-refractivity contribution in [2.75, 3.05) is 45.3 Å². The first kappa shape index (κ1) is 20.9. The summed E-state index contributed by atoms with van der Waals surface area (Å²) >= 11 is 0. The quantitative estimate of drug-likeness (QED) is 0.562. The van der Waals surface area contributed by atoms with E-state index in [-0.39, 0.29) is 5.78 Å². The number of benzene rings is 3. The van der Waals surface area contributed by atoms with E-state index in [1.807, 2.05) is 74.8 Å². The van der Waals surface area contributed by atoms with Gasteiger partial charge in [0.1, 0.15) is 0 Å². The van der Waals surface area contributed by atoms with Gasteiger partial charge in [0.05, 0.1) is 19.0 Å². The van der Waals surface area contributed by atoms with Crippen LogP contribution in [-0.2, 0) is 9.30 Å². The molecule has 4 rings (SSSR count). The number of nitrogens with zero attached hydrogens (tertiary/aromatic N) is 2. The van der Waals surface area contributed by atoms with Gasteiger partial charge in [-0.25, -0.2) is 0 Å². The lowest BCUT2D eigenvalue weighted by Crippen LogP contribution is -2.41. The molecule has 1 fully saturated rings. The first-order chi connectivity index (χ1) is 14.6. The van der Waals surface area contributed by atoms with Gasteiger partial charge in [0.25, 0.3) is 0 Å². The molecule has 3 aromatic rings. The van der Waals surface area contributed by atoms with Crippen LogP contribution >= 0.6 is 7.14 Å². The Labute approximate surface area is 179 Å². The van der Waals surface area contributed by atoms with Crippen LogP contribution in [0, 0.1) is 0 Å². The molecular weight excluding hydrogens is 391 g/mol. The number of morpholine rings is 1. The first-order valence-electron chi connectivity index (χ1n) is 10.4. The number of anilines is 1. The molecule has 1 aliphatic rings. The second-order valence-electron chi connectivity index (χ2n) is 7.84. The van der Waals surface area contributed by atoms with Gasteiger partial charge >= 0.3 is 0 Å². The fourth-order valence-electron chi connectivity index (χ4n) is 4.15. The maximum Gasteiger partial charge on any atom is 0.163 e. The molecule has 0 saturated carbocycles. The first-order valence-corrected chi connectivity index (χ1v) is 12.2. The van der Waals surface area contributed by atoms with Gasteiger partial charge in [-0.3, -0.25) is 4.90 Å². The second-order valence-corrected chi connectivity index (χ2v) is 10.7. The van der Waals surface area contributed by atoms with Crippen LogP contribution in [0.2, 0.25) is 0 Å². The number of rotatable bonds is 6. The third kappa shape index (κ3) is 4.09. The number of hydrogen-bond acceptors (Lipinski definition) is 4. The minimum absolute atomic E-state index is 0.234. The van der Waals surface area contributed by atoms with Crippen molar-refractivity contribution in [1.29, 1.82) is 0 Å². The molecule has 0 spiro atoms. The molecule has 1 heterocycles. The molecule has 1 saturated heterocycles. The van der Waals surface area contributed by atoms with E-state index in [1.54, 1.807) is 0 Å². The normalized spacial score (nSPS) is 16.2. The van der Waals surface area contributed by atoms with Crippen LogP contribution in [0.1, 0.15) is 11.3 Å². The summed E-state index contributed by atoms with van der Waals surface area (Å²) in [5.74, 6) is -0.234. The van der Waals surface area contributed by atoms with Crippen molar-refractivity contribution in [2.24, 2.45) is 0 Å². The van der Waals surface area contributed by atoms with Crippen molar-refractivity contribution in [3.63, 3.8) is 0 Å². The highest BCUT2D eigenvalue weighted by molar-refractivity contribution is 7.78. The molecule has 0 amide bonds. The Balaban J connectivity index is 1.90. The lowest BCUT2D eigenvalue weighted by atomic mass is 10.1. The summed E-state index contributed by atoms with van der Waals surface area (Å²) in [6, 6.07) is 28.4. The van der Waals surface area contributed by atoms with E-state index in [0.29, 0.717) is 13.2 Å². The number of ether oxygens (including phenoxy) is 1. The number of hydrogen-bond donors (Lipinski definition) is 0. The molecule has 4 nitrogen and oxygen atoms in total. The van der Waals surface area contributed by atoms with Crippen molar-refractivity contribution in [3.05, 3.63) is 90.5 Å². The van der Waals surface area contributed by atoms with Gasteiger partial charge in [0, 0.05) is 43.5 Å². The summed E-state index contributed by atoms with van der Waals surface area (Å²) in [4.78, 5) is 4.43. The lowest BCUT2D eigenvalue weighted by molar-refractivity contribution is 0.0308. The van der Waals surface area contributed by atoms with Gasteiger partial charge in [-0.05, 0) is 17.7 Å². The van der Waals surface area contributed by atoms with Gasteiger partial charge in [-0.2, -0.15) is 0 Å². The van der Waals surface area contributed by atoms with Crippen molar-refractivity contribution in [3.8, 4) is 0 Å². The van der Waals surface area contributed by atoms with Crippen molar-refractivity contribution >= 4 is 23.4 Å². The minimum atomic E-state index is -3.01. The van der Waals surface area contributed by atoms with E-state index in [9.17, 15) is 0 Å². The zero-order valence-electron chi connectivity index (χ0n) is 17.6. The highest BCUT2D eigenvalue weighted by atomic mass is 31.2. The van der Waals surface area contributed by atoms with Crippen LogP contribution in [-0.4, -0.2) is 45.3 Å². The average molecular weight is 420 g/mol. The van der Waals surface area contributed by atoms with Crippen LogP contribution < -0.4 is 15.5 Å². The fraction of sp³-hybridized carbons (Fsp3) is 0.280. The Morgan fingerprint density at radius 1 is 0.800 bits per heavy atom. The summed E-state index contributed by atoms with van der Waals surface area (Å²) in [5.41, 5.74) is 2.22. The monoisotopic (exact) mass is 420 g/mol. The Kier molecular flexibility index (Phi) is 6.38. The third-order valence-electron chi connectivity index (χ3n) is 5.72. The van der Waals surface area contributed by atoms with E-state index in [2.05, 4.69) is 34.1 Å². The highest BCUT2D eigenvalue weighted by Gasteiger charge is 2.41. The third-order valence-corrected chi connectivity index (χ3v) is 9.17. The van der Waals surface area contributed by atoms with Crippen LogP contribution in [0.25, 0.3) is 0 Å². The molecule has 1 aliphatic heterocycles. The van der Waals surface area contributed by atoms with Gasteiger partial charge in [0.2, 0.25) is 0 Å². The van der Waals surface area contributed by atoms with Gasteiger partial charge < -0.3 is 14.2 Å². The molecule has 0 radical (unpaired) electrons. The topological polar surface area (TPSA) is 32.8 Å². The molecule has 0 unspecified atom stereocenters. The van der Waals surface area contributed by atoms with E-state index in [1.165, 1.54) is 0 Å². The maximum absolute atomic E-state index is 15.1. The van der Waals surface area contributed by atoms with Gasteiger partial charge in [-0.15, -0.1) is 0 Å². The smallest absolute Gasteiger partial charge is 0.163 e. The van der Waals surface area contributed by atoms with Gasteiger partial charge in [0.15, 0.2) is 7.14 Å². The predicted molar refractivity (Wildman–Crippen MR) is 126 cm³/mol. The molecular formula is C25H29N2O2P. The highest BCUT2D eigenvalue weighted by Crippen LogP contribution is 2.58. The Hall–Kier alpha value is -2.39. The average Bonchev–Trinajstić information content (AvgIpc) is 2.81. The van der Waals surface area contributed by atoms with E-state index in [4.69, 9.17) is 4.74 Å². The molecule has 156 valence electrons. The molecule has 30 heavy (non-hydrogen) atoms. The largest absolute Gasteiger partial charge is 0.379 e. The summed E-state index contributed by atoms with van der Waals surface area (Å²) in [5, 5.41) is 1.79. The molecule has 0 bridgehead atoms. The van der Waals surface area contributed by atoms with Crippen LogP contribution in [0.5, 0.6) is 0 Å². The molecule has 0 N–H and O–H groups in total. The van der Waals surface area contributed by atoms with Crippen LogP contribution in [0.4, 0.5) is 5.69 Å². The summed E-state index contributed by atoms with van der Waals surface area (Å²) in [7, 11) is 1.06. The maximum atomic E-state index is 15.1. The van der Waals surface area contributed by atoms with Crippen molar-refractivity contribution in [1.82, 2.24) is 4.90 Å². The van der Waals surface area contributed by atoms with Gasteiger partial charge in [-0.1, -0.05) is 72.8 Å². The Morgan fingerprint density at radius 2 is 1.30 bits per heavy atom. The molecule has 3 aromatic carbocycles. The molecule has 0 aliphatic carbocycles. The molecule has 5 heteroatoms. The second kappa shape index (κ2) is 9.18. The predicted octanol–water partition coefficient (Wildman–Crippen LogP) is 4.10. The summed E-state index contributed by atoms with van der Waals surface area (Å²) in [6.45, 7) is 2.86. The van der Waals surface area contributed by atoms with Crippen LogP contribution in [0.3, 0.4) is 0 Å².